The minimum absolute atomic E-state index is 0.141. The molecule has 1 aromatic rings. The number of rotatable bonds is 2. The lowest BCUT2D eigenvalue weighted by Crippen LogP contribution is -2.07. The van der Waals surface area contributed by atoms with Gasteiger partial charge in [-0.05, 0) is 32.0 Å². The van der Waals surface area contributed by atoms with Crippen LogP contribution in [0.3, 0.4) is 0 Å². The largest absolute Gasteiger partial charge is 0.489 e. The fraction of sp³-hybridized carbons (Fsp3) is 0.333. The van der Waals surface area contributed by atoms with Gasteiger partial charge in [-0.1, -0.05) is 0 Å². The van der Waals surface area contributed by atoms with Gasteiger partial charge < -0.3 is 10.5 Å². The van der Waals surface area contributed by atoms with Crippen LogP contribution in [0.25, 0.3) is 0 Å². The van der Waals surface area contributed by atoms with Crippen molar-refractivity contribution in [2.75, 3.05) is 5.73 Å². The van der Waals surface area contributed by atoms with E-state index in [2.05, 4.69) is 12.6 Å². The van der Waals surface area contributed by atoms with Crippen molar-refractivity contribution >= 4 is 18.3 Å². The highest BCUT2D eigenvalue weighted by Gasteiger charge is 2.02. The molecule has 2 N–H and O–H groups in total. The number of thiol groups is 1. The molecule has 0 atom stereocenters. The Morgan fingerprint density at radius 3 is 2.67 bits per heavy atom. The molecule has 0 aliphatic rings. The first kappa shape index (κ1) is 9.26. The van der Waals surface area contributed by atoms with Crippen molar-refractivity contribution in [2.24, 2.45) is 0 Å². The third-order valence-electron chi connectivity index (χ3n) is 1.36. The van der Waals surface area contributed by atoms with Crippen molar-refractivity contribution in [2.45, 2.75) is 24.8 Å². The summed E-state index contributed by atoms with van der Waals surface area (Å²) >= 11 is 4.19. The van der Waals surface area contributed by atoms with Crippen molar-refractivity contribution in [1.29, 1.82) is 0 Å². The molecular formula is C9H13NOS. The van der Waals surface area contributed by atoms with E-state index >= 15 is 0 Å². The molecule has 0 radical (unpaired) electrons. The average molecular weight is 183 g/mol. The topological polar surface area (TPSA) is 35.2 Å². The van der Waals surface area contributed by atoms with E-state index in [1.807, 2.05) is 26.0 Å². The van der Waals surface area contributed by atoms with Gasteiger partial charge in [0.05, 0.1) is 11.8 Å². The maximum Gasteiger partial charge on any atom is 0.143 e. The van der Waals surface area contributed by atoms with Crippen LogP contribution in [0.1, 0.15) is 13.8 Å². The van der Waals surface area contributed by atoms with Crippen LogP contribution in [0.5, 0.6) is 5.75 Å². The SMILES string of the molecule is CC(C)Oc1cc(S)ccc1N. The molecule has 0 heterocycles. The summed E-state index contributed by atoms with van der Waals surface area (Å²) in [5.74, 6) is 0.706. The predicted octanol–water partition coefficient (Wildman–Crippen LogP) is 2.34. The van der Waals surface area contributed by atoms with Gasteiger partial charge in [0.2, 0.25) is 0 Å². The van der Waals surface area contributed by atoms with Gasteiger partial charge in [0.15, 0.2) is 0 Å². The molecule has 0 unspecified atom stereocenters. The van der Waals surface area contributed by atoms with Crippen molar-refractivity contribution in [1.82, 2.24) is 0 Å². The van der Waals surface area contributed by atoms with Crippen LogP contribution in [0.15, 0.2) is 23.1 Å². The lowest BCUT2D eigenvalue weighted by molar-refractivity contribution is 0.243. The first-order chi connectivity index (χ1) is 5.59. The van der Waals surface area contributed by atoms with Gasteiger partial charge in [-0.15, -0.1) is 12.6 Å². The Morgan fingerprint density at radius 2 is 2.08 bits per heavy atom. The highest BCUT2D eigenvalue weighted by Crippen LogP contribution is 2.25. The van der Waals surface area contributed by atoms with Crippen LogP contribution in [0, 0.1) is 0 Å². The van der Waals surface area contributed by atoms with Crippen molar-refractivity contribution < 1.29 is 4.74 Å². The molecule has 0 fully saturated rings. The van der Waals surface area contributed by atoms with Gasteiger partial charge in [0.1, 0.15) is 5.75 Å². The van der Waals surface area contributed by atoms with Crippen LogP contribution >= 0.6 is 12.6 Å². The number of nitrogens with two attached hydrogens (primary N) is 1. The van der Waals surface area contributed by atoms with Crippen LogP contribution in [0.4, 0.5) is 5.69 Å². The van der Waals surface area contributed by atoms with Crippen LogP contribution in [0.2, 0.25) is 0 Å². The number of nitrogen functional groups attached to an aromatic ring is 1. The molecule has 0 aromatic heterocycles. The monoisotopic (exact) mass is 183 g/mol. The second-order valence-electron chi connectivity index (χ2n) is 2.89. The molecule has 0 amide bonds. The van der Waals surface area contributed by atoms with E-state index in [0.29, 0.717) is 11.4 Å². The Labute approximate surface area is 78.1 Å². The molecule has 0 spiro atoms. The van der Waals surface area contributed by atoms with Crippen LogP contribution < -0.4 is 10.5 Å². The number of ether oxygens (including phenoxy) is 1. The van der Waals surface area contributed by atoms with Crippen molar-refractivity contribution in [3.63, 3.8) is 0 Å². The molecule has 0 aliphatic heterocycles. The minimum Gasteiger partial charge on any atom is -0.489 e. The first-order valence-electron chi connectivity index (χ1n) is 3.84. The summed E-state index contributed by atoms with van der Waals surface area (Å²) in [5.41, 5.74) is 6.33. The third-order valence-corrected chi connectivity index (χ3v) is 1.64. The van der Waals surface area contributed by atoms with Gasteiger partial charge in [-0.3, -0.25) is 0 Å². The number of hydrogen-bond donors (Lipinski definition) is 2. The lowest BCUT2D eigenvalue weighted by Gasteiger charge is -2.11. The molecule has 3 heteroatoms. The Morgan fingerprint density at radius 1 is 1.42 bits per heavy atom. The summed E-state index contributed by atoms with van der Waals surface area (Å²) < 4.78 is 5.45. The van der Waals surface area contributed by atoms with Crippen LogP contribution in [-0.2, 0) is 0 Å². The Kier molecular flexibility index (Phi) is 2.87. The van der Waals surface area contributed by atoms with E-state index in [1.165, 1.54) is 0 Å². The molecule has 0 saturated heterocycles. The van der Waals surface area contributed by atoms with E-state index < -0.39 is 0 Å². The Bertz CT molecular complexity index is 273. The molecule has 1 aromatic carbocycles. The summed E-state index contributed by atoms with van der Waals surface area (Å²) in [6.45, 7) is 3.93. The van der Waals surface area contributed by atoms with Crippen LogP contribution in [-0.4, -0.2) is 6.10 Å². The maximum atomic E-state index is 5.68. The summed E-state index contributed by atoms with van der Waals surface area (Å²) in [5, 5.41) is 0. The second kappa shape index (κ2) is 3.72. The quantitative estimate of drug-likeness (QED) is 0.545. The fourth-order valence-corrected chi connectivity index (χ4v) is 1.07. The molecule has 12 heavy (non-hydrogen) atoms. The Balaban J connectivity index is 2.90. The second-order valence-corrected chi connectivity index (χ2v) is 3.41. The maximum absolute atomic E-state index is 5.68. The molecule has 0 bridgehead atoms. The first-order valence-corrected chi connectivity index (χ1v) is 4.29. The number of anilines is 1. The number of benzene rings is 1. The van der Waals surface area contributed by atoms with Gasteiger partial charge in [0, 0.05) is 4.90 Å². The predicted molar refractivity (Wildman–Crippen MR) is 53.9 cm³/mol. The van der Waals surface area contributed by atoms with Gasteiger partial charge in [-0.2, -0.15) is 0 Å². The average Bonchev–Trinajstić information content (AvgIpc) is 1.96. The van der Waals surface area contributed by atoms with Crippen molar-refractivity contribution in [3.8, 4) is 5.75 Å². The van der Waals surface area contributed by atoms with E-state index in [4.69, 9.17) is 10.5 Å². The normalized spacial score (nSPS) is 10.3. The fourth-order valence-electron chi connectivity index (χ4n) is 0.879. The lowest BCUT2D eigenvalue weighted by atomic mass is 10.3. The van der Waals surface area contributed by atoms with E-state index in [9.17, 15) is 0 Å². The molecule has 1 rings (SSSR count). The number of hydrogen-bond acceptors (Lipinski definition) is 3. The molecular weight excluding hydrogens is 170 g/mol. The summed E-state index contributed by atoms with van der Waals surface area (Å²) in [7, 11) is 0. The van der Waals surface area contributed by atoms with Gasteiger partial charge in [-0.25, -0.2) is 0 Å². The summed E-state index contributed by atoms with van der Waals surface area (Å²) in [4.78, 5) is 0.861. The molecule has 0 saturated carbocycles. The summed E-state index contributed by atoms with van der Waals surface area (Å²) in [6, 6.07) is 5.45. The van der Waals surface area contributed by atoms with E-state index in [-0.39, 0.29) is 6.10 Å². The highest BCUT2D eigenvalue weighted by molar-refractivity contribution is 7.80. The highest BCUT2D eigenvalue weighted by atomic mass is 32.1. The molecule has 2 nitrogen and oxygen atoms in total. The standard InChI is InChI=1S/C9H13NOS/c1-6(2)11-9-5-7(12)3-4-8(9)10/h3-6,12H,10H2,1-2H3. The zero-order chi connectivity index (χ0) is 9.14. The van der Waals surface area contributed by atoms with Crippen molar-refractivity contribution in [3.05, 3.63) is 18.2 Å². The third kappa shape index (κ3) is 2.34. The minimum atomic E-state index is 0.141. The molecule has 66 valence electrons. The zero-order valence-electron chi connectivity index (χ0n) is 7.24. The molecule has 0 aliphatic carbocycles. The Hall–Kier alpha value is -0.830. The van der Waals surface area contributed by atoms with Gasteiger partial charge >= 0.3 is 0 Å². The van der Waals surface area contributed by atoms with E-state index in [1.54, 1.807) is 6.07 Å². The zero-order valence-corrected chi connectivity index (χ0v) is 8.14. The smallest absolute Gasteiger partial charge is 0.143 e. The van der Waals surface area contributed by atoms with Gasteiger partial charge in [0.25, 0.3) is 0 Å². The summed E-state index contributed by atoms with van der Waals surface area (Å²) in [6.07, 6.45) is 0.141. The van der Waals surface area contributed by atoms with E-state index in [0.717, 1.165) is 4.90 Å².